The highest BCUT2D eigenvalue weighted by atomic mass is 79.9. The summed E-state index contributed by atoms with van der Waals surface area (Å²) in [5, 5.41) is 0. The van der Waals surface area contributed by atoms with Crippen molar-refractivity contribution in [2.75, 3.05) is 0 Å². The van der Waals surface area contributed by atoms with Gasteiger partial charge in [-0.2, -0.15) is 0 Å². The van der Waals surface area contributed by atoms with E-state index in [-0.39, 0.29) is 16.7 Å². The second kappa shape index (κ2) is 6.89. The normalized spacial score (nSPS) is 12.4. The molecule has 0 saturated carbocycles. The number of alkyl halides is 1. The molecule has 1 nitrogen and oxygen atoms in total. The second-order valence-corrected chi connectivity index (χ2v) is 6.14. The Morgan fingerprint density at radius 2 is 1.80 bits per heavy atom. The molecule has 0 aromatic heterocycles. The predicted molar refractivity (Wildman–Crippen MR) is 84.0 cm³/mol. The first kappa shape index (κ1) is 15.0. The van der Waals surface area contributed by atoms with Gasteiger partial charge in [-0.25, -0.2) is 4.39 Å². The lowest BCUT2D eigenvalue weighted by Gasteiger charge is -2.13. The lowest BCUT2D eigenvalue weighted by Crippen LogP contribution is -2.05. The zero-order chi connectivity index (χ0) is 14.5. The van der Waals surface area contributed by atoms with Crippen LogP contribution < -0.4 is 4.74 Å². The third-order valence-corrected chi connectivity index (χ3v) is 3.77. The van der Waals surface area contributed by atoms with Gasteiger partial charge in [0.05, 0.1) is 6.10 Å². The average Bonchev–Trinajstić information content (AvgIpc) is 2.38. The lowest BCUT2D eigenvalue weighted by atomic mass is 10.0. The molecule has 0 fully saturated rings. The number of hydrogen-bond donors (Lipinski definition) is 0. The molecule has 0 heterocycles. The van der Waals surface area contributed by atoms with Crippen LogP contribution in [0, 0.1) is 5.82 Å². The quantitative estimate of drug-likeness (QED) is 0.674. The predicted octanol–water partition coefficient (Wildman–Crippen LogP) is 5.29. The maximum atomic E-state index is 13.2. The van der Waals surface area contributed by atoms with E-state index in [0.717, 1.165) is 23.3 Å². The van der Waals surface area contributed by atoms with Crippen molar-refractivity contribution in [1.29, 1.82) is 0 Å². The highest BCUT2D eigenvalue weighted by Crippen LogP contribution is 2.28. The summed E-state index contributed by atoms with van der Waals surface area (Å²) in [4.78, 5) is 0.164. The highest BCUT2D eigenvalue weighted by Gasteiger charge is 2.09. The van der Waals surface area contributed by atoms with Crippen LogP contribution in [0.4, 0.5) is 4.39 Å². The van der Waals surface area contributed by atoms with E-state index in [2.05, 4.69) is 15.9 Å². The fourth-order valence-corrected chi connectivity index (χ4v) is 2.70. The summed E-state index contributed by atoms with van der Waals surface area (Å²) in [7, 11) is 0. The molecule has 3 heteroatoms. The molecule has 0 aliphatic heterocycles. The zero-order valence-electron chi connectivity index (χ0n) is 11.6. The fraction of sp³-hybridized carbons (Fsp3) is 0.294. The van der Waals surface area contributed by atoms with Gasteiger partial charge in [0.2, 0.25) is 0 Å². The fourth-order valence-electron chi connectivity index (χ4n) is 2.02. The van der Waals surface area contributed by atoms with Crippen molar-refractivity contribution in [3.63, 3.8) is 0 Å². The van der Waals surface area contributed by atoms with Crippen molar-refractivity contribution >= 4 is 15.9 Å². The molecule has 0 amide bonds. The van der Waals surface area contributed by atoms with Crippen LogP contribution in [0.3, 0.4) is 0 Å². The van der Waals surface area contributed by atoms with Crippen LogP contribution in [0.1, 0.15) is 29.8 Å². The average molecular weight is 337 g/mol. The van der Waals surface area contributed by atoms with Gasteiger partial charge in [-0.15, -0.1) is 0 Å². The van der Waals surface area contributed by atoms with Crippen molar-refractivity contribution in [3.8, 4) is 5.75 Å². The molecule has 1 atom stereocenters. The Morgan fingerprint density at radius 3 is 2.40 bits per heavy atom. The molecule has 0 bridgehead atoms. The molecule has 0 N–H and O–H groups in total. The van der Waals surface area contributed by atoms with Crippen LogP contribution in [-0.4, -0.2) is 6.10 Å². The molecule has 0 radical (unpaired) electrons. The monoisotopic (exact) mass is 336 g/mol. The van der Waals surface area contributed by atoms with Crippen LogP contribution in [0.25, 0.3) is 0 Å². The van der Waals surface area contributed by atoms with Crippen molar-refractivity contribution in [1.82, 2.24) is 0 Å². The molecule has 2 aromatic rings. The van der Waals surface area contributed by atoms with Crippen LogP contribution in [0.15, 0.2) is 48.5 Å². The van der Waals surface area contributed by atoms with Crippen LogP contribution in [0.5, 0.6) is 5.75 Å². The van der Waals surface area contributed by atoms with Crippen molar-refractivity contribution in [2.24, 2.45) is 0 Å². The minimum absolute atomic E-state index is 0.164. The summed E-state index contributed by atoms with van der Waals surface area (Å²) in [5.74, 6) is 0.678. The topological polar surface area (TPSA) is 9.23 Å². The molecule has 2 rings (SSSR count). The van der Waals surface area contributed by atoms with Gasteiger partial charge in [-0.3, -0.25) is 0 Å². The summed E-state index contributed by atoms with van der Waals surface area (Å²) in [5.41, 5.74) is 2.14. The molecule has 2 aromatic carbocycles. The summed E-state index contributed by atoms with van der Waals surface area (Å²) in [6.45, 7) is 4.01. The molecular formula is C17H18BrFO. The molecule has 0 aliphatic rings. The Bertz CT molecular complexity index is 551. The second-order valence-electron chi connectivity index (χ2n) is 5.04. The SMILES string of the molecule is CC(C)Oc1ccc(C(Br)Cc2cccc(F)c2)cc1. The summed E-state index contributed by atoms with van der Waals surface area (Å²) < 4.78 is 18.8. The van der Waals surface area contributed by atoms with E-state index in [1.54, 1.807) is 12.1 Å². The van der Waals surface area contributed by atoms with Crippen molar-refractivity contribution in [2.45, 2.75) is 31.2 Å². The molecular weight excluding hydrogens is 319 g/mol. The Kier molecular flexibility index (Phi) is 5.18. The van der Waals surface area contributed by atoms with Crippen molar-refractivity contribution in [3.05, 3.63) is 65.5 Å². The van der Waals surface area contributed by atoms with Crippen LogP contribution in [-0.2, 0) is 6.42 Å². The summed E-state index contributed by atoms with van der Waals surface area (Å²) in [6.07, 6.45) is 0.926. The number of halogens is 2. The number of rotatable bonds is 5. The molecule has 0 spiro atoms. The molecule has 1 unspecified atom stereocenters. The van der Waals surface area contributed by atoms with E-state index in [1.165, 1.54) is 6.07 Å². The molecule has 106 valence electrons. The summed E-state index contributed by atoms with van der Waals surface area (Å²) >= 11 is 3.66. The minimum atomic E-state index is -0.192. The first-order valence-electron chi connectivity index (χ1n) is 6.69. The number of ether oxygens (including phenoxy) is 1. The third-order valence-electron chi connectivity index (χ3n) is 2.92. The Balaban J connectivity index is 2.03. The van der Waals surface area contributed by atoms with Crippen molar-refractivity contribution < 1.29 is 9.13 Å². The Hall–Kier alpha value is -1.35. The van der Waals surface area contributed by atoms with Gasteiger partial charge in [0.25, 0.3) is 0 Å². The van der Waals surface area contributed by atoms with E-state index >= 15 is 0 Å². The Labute approximate surface area is 127 Å². The first-order valence-corrected chi connectivity index (χ1v) is 7.61. The number of benzene rings is 2. The maximum Gasteiger partial charge on any atom is 0.123 e. The Morgan fingerprint density at radius 1 is 1.10 bits per heavy atom. The van der Waals surface area contributed by atoms with Gasteiger partial charge >= 0.3 is 0 Å². The van der Waals surface area contributed by atoms with E-state index < -0.39 is 0 Å². The molecule has 0 saturated heterocycles. The van der Waals surface area contributed by atoms with Gasteiger partial charge in [-0.1, -0.05) is 40.2 Å². The van der Waals surface area contributed by atoms with Gasteiger partial charge < -0.3 is 4.74 Å². The lowest BCUT2D eigenvalue weighted by molar-refractivity contribution is 0.242. The van der Waals surface area contributed by atoms with E-state index in [1.807, 2.05) is 44.2 Å². The standard InChI is InChI=1S/C17H18BrFO/c1-12(2)20-16-8-6-14(7-9-16)17(18)11-13-4-3-5-15(19)10-13/h3-10,12,17H,11H2,1-2H3. The van der Waals surface area contributed by atoms with Crippen LogP contribution >= 0.6 is 15.9 Å². The zero-order valence-corrected chi connectivity index (χ0v) is 13.2. The minimum Gasteiger partial charge on any atom is -0.491 e. The largest absolute Gasteiger partial charge is 0.491 e. The van der Waals surface area contributed by atoms with E-state index in [4.69, 9.17) is 4.74 Å². The van der Waals surface area contributed by atoms with Gasteiger partial charge in [0.1, 0.15) is 11.6 Å². The van der Waals surface area contributed by atoms with E-state index in [0.29, 0.717) is 0 Å². The van der Waals surface area contributed by atoms with Crippen LogP contribution in [0.2, 0.25) is 0 Å². The maximum absolute atomic E-state index is 13.2. The van der Waals surface area contributed by atoms with E-state index in [9.17, 15) is 4.39 Å². The highest BCUT2D eigenvalue weighted by molar-refractivity contribution is 9.09. The first-order chi connectivity index (χ1) is 9.54. The smallest absolute Gasteiger partial charge is 0.123 e. The van der Waals surface area contributed by atoms with Gasteiger partial charge in [0.15, 0.2) is 0 Å². The number of hydrogen-bond acceptors (Lipinski definition) is 1. The molecule has 0 aliphatic carbocycles. The summed E-state index contributed by atoms with van der Waals surface area (Å²) in [6, 6.07) is 14.7. The van der Waals surface area contributed by atoms with Gasteiger partial charge in [-0.05, 0) is 55.7 Å². The molecule has 20 heavy (non-hydrogen) atoms. The van der Waals surface area contributed by atoms with Gasteiger partial charge in [0, 0.05) is 4.83 Å². The third kappa shape index (κ3) is 4.34.